The van der Waals surface area contributed by atoms with Crippen molar-refractivity contribution in [3.63, 3.8) is 0 Å². The standard InChI is InChI=1S/C6H12O2/c1-5-2-3-6(7)4-8-5/h5-7H,2-4H2,1H3/t5-,6+/m0/s1. The third-order valence-corrected chi connectivity index (χ3v) is 1.48. The molecule has 1 aliphatic rings. The normalized spacial score (nSPS) is 39.8. The van der Waals surface area contributed by atoms with Crippen molar-refractivity contribution in [2.24, 2.45) is 0 Å². The average Bonchev–Trinajstić information content (AvgIpc) is 1.77. The summed E-state index contributed by atoms with van der Waals surface area (Å²) in [6, 6.07) is 0. The van der Waals surface area contributed by atoms with Gasteiger partial charge in [-0.25, -0.2) is 0 Å². The maximum absolute atomic E-state index is 8.90. The second-order valence-corrected chi connectivity index (χ2v) is 2.38. The molecular formula is C6H12O2. The van der Waals surface area contributed by atoms with Crippen LogP contribution < -0.4 is 0 Å². The van der Waals surface area contributed by atoms with Crippen LogP contribution in [-0.4, -0.2) is 23.9 Å². The molecule has 2 nitrogen and oxygen atoms in total. The molecule has 0 aromatic rings. The van der Waals surface area contributed by atoms with E-state index in [1.807, 2.05) is 6.92 Å². The summed E-state index contributed by atoms with van der Waals surface area (Å²) in [5, 5.41) is 8.90. The molecule has 0 saturated carbocycles. The molecule has 1 N–H and O–H groups in total. The van der Waals surface area contributed by atoms with Crippen molar-refractivity contribution < 1.29 is 9.84 Å². The second-order valence-electron chi connectivity index (χ2n) is 2.38. The maximum atomic E-state index is 8.90. The fourth-order valence-corrected chi connectivity index (χ4v) is 0.869. The first kappa shape index (κ1) is 6.05. The summed E-state index contributed by atoms with van der Waals surface area (Å²) in [5.74, 6) is 0. The molecule has 0 unspecified atom stereocenters. The number of ether oxygens (including phenoxy) is 1. The van der Waals surface area contributed by atoms with Crippen LogP contribution in [0.4, 0.5) is 0 Å². The van der Waals surface area contributed by atoms with E-state index < -0.39 is 0 Å². The number of rotatable bonds is 0. The average molecular weight is 116 g/mol. The van der Waals surface area contributed by atoms with Crippen molar-refractivity contribution >= 4 is 0 Å². The molecule has 0 radical (unpaired) electrons. The first-order valence-corrected chi connectivity index (χ1v) is 3.08. The SMILES string of the molecule is C[C@H]1CC[C@@H](O)CO1. The number of hydrogen-bond acceptors (Lipinski definition) is 2. The molecule has 0 aromatic carbocycles. The Morgan fingerprint density at radius 3 is 2.62 bits per heavy atom. The lowest BCUT2D eigenvalue weighted by Gasteiger charge is -2.22. The Bertz CT molecular complexity index is 54.9. The van der Waals surface area contributed by atoms with Crippen LogP contribution in [0.2, 0.25) is 0 Å². The van der Waals surface area contributed by atoms with Gasteiger partial charge in [0.25, 0.3) is 0 Å². The Morgan fingerprint density at radius 2 is 2.25 bits per heavy atom. The molecule has 48 valence electrons. The van der Waals surface area contributed by atoms with Gasteiger partial charge in [-0.15, -0.1) is 0 Å². The van der Waals surface area contributed by atoms with Gasteiger partial charge in [-0.3, -0.25) is 0 Å². The van der Waals surface area contributed by atoms with Gasteiger partial charge in [-0.2, -0.15) is 0 Å². The van der Waals surface area contributed by atoms with Crippen molar-refractivity contribution in [3.05, 3.63) is 0 Å². The van der Waals surface area contributed by atoms with E-state index in [2.05, 4.69) is 0 Å². The van der Waals surface area contributed by atoms with Gasteiger partial charge in [-0.1, -0.05) is 0 Å². The maximum Gasteiger partial charge on any atom is 0.0774 e. The van der Waals surface area contributed by atoms with Crippen LogP contribution in [0.15, 0.2) is 0 Å². The molecule has 2 atom stereocenters. The molecule has 0 bridgehead atoms. The molecule has 1 rings (SSSR count). The lowest BCUT2D eigenvalue weighted by atomic mass is 10.1. The second kappa shape index (κ2) is 2.46. The fraction of sp³-hybridized carbons (Fsp3) is 1.00. The largest absolute Gasteiger partial charge is 0.391 e. The van der Waals surface area contributed by atoms with Crippen molar-refractivity contribution in [2.45, 2.75) is 32.0 Å². The summed E-state index contributed by atoms with van der Waals surface area (Å²) in [4.78, 5) is 0. The van der Waals surface area contributed by atoms with Crippen molar-refractivity contribution in [2.75, 3.05) is 6.61 Å². The summed E-state index contributed by atoms with van der Waals surface area (Å²) in [6.07, 6.45) is 2.06. The first-order chi connectivity index (χ1) is 3.79. The van der Waals surface area contributed by atoms with E-state index in [1.54, 1.807) is 0 Å². The first-order valence-electron chi connectivity index (χ1n) is 3.08. The van der Waals surface area contributed by atoms with Gasteiger partial charge in [-0.05, 0) is 19.8 Å². The molecule has 2 heteroatoms. The summed E-state index contributed by atoms with van der Waals surface area (Å²) >= 11 is 0. The predicted molar refractivity (Wildman–Crippen MR) is 30.7 cm³/mol. The molecule has 1 heterocycles. The zero-order chi connectivity index (χ0) is 5.98. The smallest absolute Gasteiger partial charge is 0.0774 e. The third kappa shape index (κ3) is 1.46. The molecule has 0 aliphatic carbocycles. The van der Waals surface area contributed by atoms with Gasteiger partial charge < -0.3 is 9.84 Å². The predicted octanol–water partition coefficient (Wildman–Crippen LogP) is 0.546. The molecular weight excluding hydrogens is 104 g/mol. The minimum atomic E-state index is -0.203. The molecule has 1 saturated heterocycles. The Kier molecular flexibility index (Phi) is 1.86. The number of aliphatic hydroxyl groups excluding tert-OH is 1. The van der Waals surface area contributed by atoms with Crippen LogP contribution in [0, 0.1) is 0 Å². The van der Waals surface area contributed by atoms with E-state index in [-0.39, 0.29) is 6.10 Å². The molecule has 1 aliphatic heterocycles. The Morgan fingerprint density at radius 1 is 1.50 bits per heavy atom. The lowest BCUT2D eigenvalue weighted by Crippen LogP contribution is -2.26. The highest BCUT2D eigenvalue weighted by molar-refractivity contribution is 4.64. The van der Waals surface area contributed by atoms with Crippen LogP contribution in [0.3, 0.4) is 0 Å². The molecule has 0 spiro atoms. The van der Waals surface area contributed by atoms with Gasteiger partial charge in [0.15, 0.2) is 0 Å². The molecule has 0 aromatic heterocycles. The molecule has 0 amide bonds. The van der Waals surface area contributed by atoms with Crippen LogP contribution in [0.1, 0.15) is 19.8 Å². The van der Waals surface area contributed by atoms with Gasteiger partial charge >= 0.3 is 0 Å². The van der Waals surface area contributed by atoms with Crippen LogP contribution in [0.25, 0.3) is 0 Å². The minimum absolute atomic E-state index is 0.203. The van der Waals surface area contributed by atoms with Gasteiger partial charge in [0.1, 0.15) is 0 Å². The van der Waals surface area contributed by atoms with E-state index in [4.69, 9.17) is 9.84 Å². The van der Waals surface area contributed by atoms with Crippen LogP contribution in [-0.2, 0) is 4.74 Å². The van der Waals surface area contributed by atoms with Crippen molar-refractivity contribution in [3.8, 4) is 0 Å². The zero-order valence-corrected chi connectivity index (χ0v) is 5.13. The van der Waals surface area contributed by atoms with Crippen LogP contribution >= 0.6 is 0 Å². The van der Waals surface area contributed by atoms with E-state index in [0.717, 1.165) is 12.8 Å². The highest BCUT2D eigenvalue weighted by Gasteiger charge is 2.14. The van der Waals surface area contributed by atoms with Gasteiger partial charge in [0.05, 0.1) is 18.8 Å². The highest BCUT2D eigenvalue weighted by Crippen LogP contribution is 2.11. The van der Waals surface area contributed by atoms with Crippen molar-refractivity contribution in [1.82, 2.24) is 0 Å². The lowest BCUT2D eigenvalue weighted by molar-refractivity contribution is -0.0472. The Labute approximate surface area is 49.5 Å². The number of aliphatic hydroxyl groups is 1. The van der Waals surface area contributed by atoms with E-state index in [0.29, 0.717) is 12.7 Å². The molecule has 1 fully saturated rings. The summed E-state index contributed by atoms with van der Waals surface area (Å²) < 4.78 is 5.14. The van der Waals surface area contributed by atoms with Crippen LogP contribution in [0.5, 0.6) is 0 Å². The number of hydrogen-bond donors (Lipinski definition) is 1. The summed E-state index contributed by atoms with van der Waals surface area (Å²) in [7, 11) is 0. The highest BCUT2D eigenvalue weighted by atomic mass is 16.5. The Hall–Kier alpha value is -0.0800. The Balaban J connectivity index is 2.19. The summed E-state index contributed by atoms with van der Waals surface area (Å²) in [6.45, 7) is 2.56. The minimum Gasteiger partial charge on any atom is -0.391 e. The molecule has 8 heavy (non-hydrogen) atoms. The van der Waals surface area contributed by atoms with Gasteiger partial charge in [0, 0.05) is 0 Å². The van der Waals surface area contributed by atoms with E-state index >= 15 is 0 Å². The van der Waals surface area contributed by atoms with Gasteiger partial charge in [0.2, 0.25) is 0 Å². The summed E-state index contributed by atoms with van der Waals surface area (Å²) in [5.41, 5.74) is 0. The van der Waals surface area contributed by atoms with Crippen molar-refractivity contribution in [1.29, 1.82) is 0 Å². The monoisotopic (exact) mass is 116 g/mol. The third-order valence-electron chi connectivity index (χ3n) is 1.48. The zero-order valence-electron chi connectivity index (χ0n) is 5.13. The van der Waals surface area contributed by atoms with E-state index in [9.17, 15) is 0 Å². The fourth-order valence-electron chi connectivity index (χ4n) is 0.869. The van der Waals surface area contributed by atoms with E-state index in [1.165, 1.54) is 0 Å². The quantitative estimate of drug-likeness (QED) is 0.500. The topological polar surface area (TPSA) is 29.5 Å².